The Bertz CT molecular complexity index is 625. The number of carbonyl (C=O) groups excluding carboxylic acids is 1. The van der Waals surface area contributed by atoms with Crippen LogP contribution < -0.4 is 5.32 Å². The van der Waals surface area contributed by atoms with E-state index in [9.17, 15) is 13.6 Å². The van der Waals surface area contributed by atoms with Gasteiger partial charge in [0, 0.05) is 18.2 Å². The van der Waals surface area contributed by atoms with Crippen molar-refractivity contribution in [3.63, 3.8) is 0 Å². The number of carbonyl (C=O) groups is 1. The van der Waals surface area contributed by atoms with Crippen molar-refractivity contribution in [3.8, 4) is 0 Å². The van der Waals surface area contributed by atoms with E-state index in [0.717, 1.165) is 17.6 Å². The van der Waals surface area contributed by atoms with Crippen molar-refractivity contribution in [2.75, 3.05) is 5.32 Å². The minimum Gasteiger partial charge on any atom is -0.371 e. The molecular weight excluding hydrogens is 270 g/mol. The molecule has 0 fully saturated rings. The number of ketones is 1. The summed E-state index contributed by atoms with van der Waals surface area (Å²) < 4.78 is 30.3. The maximum atomic E-state index is 13.5. The standard InChI is InChI=1S/C13H12F2N2OS/c1-7-12(8(2)18)13(19-17-7)16-6-9-3-4-10(14)5-11(9)15/h3-5,16H,6H2,1-2H3. The minimum absolute atomic E-state index is 0.0895. The molecule has 0 aliphatic carbocycles. The van der Waals surface area contributed by atoms with Gasteiger partial charge in [-0.05, 0) is 31.4 Å². The van der Waals surface area contributed by atoms with Crippen molar-refractivity contribution in [1.82, 2.24) is 4.37 Å². The van der Waals surface area contributed by atoms with Crippen LogP contribution in [0.5, 0.6) is 0 Å². The summed E-state index contributed by atoms with van der Waals surface area (Å²) in [6.07, 6.45) is 0. The van der Waals surface area contributed by atoms with Gasteiger partial charge in [-0.15, -0.1) is 0 Å². The van der Waals surface area contributed by atoms with Crippen LogP contribution in [0, 0.1) is 18.6 Å². The summed E-state index contributed by atoms with van der Waals surface area (Å²) in [6, 6.07) is 3.41. The number of anilines is 1. The third-order valence-electron chi connectivity index (χ3n) is 2.67. The van der Waals surface area contributed by atoms with Crippen LogP contribution in [0.4, 0.5) is 13.8 Å². The highest BCUT2D eigenvalue weighted by atomic mass is 32.1. The van der Waals surface area contributed by atoms with E-state index in [2.05, 4.69) is 9.69 Å². The Morgan fingerprint density at radius 1 is 1.42 bits per heavy atom. The first-order valence-corrected chi connectivity index (χ1v) is 6.41. The molecule has 0 radical (unpaired) electrons. The van der Waals surface area contributed by atoms with Gasteiger partial charge in [-0.1, -0.05) is 6.07 Å². The lowest BCUT2D eigenvalue weighted by molar-refractivity contribution is 0.101. The zero-order valence-electron chi connectivity index (χ0n) is 10.5. The fourth-order valence-electron chi connectivity index (χ4n) is 1.75. The Morgan fingerprint density at radius 2 is 2.16 bits per heavy atom. The van der Waals surface area contributed by atoms with E-state index in [1.165, 1.54) is 19.1 Å². The number of nitrogens with one attached hydrogen (secondary N) is 1. The van der Waals surface area contributed by atoms with E-state index in [1.807, 2.05) is 0 Å². The van der Waals surface area contributed by atoms with Gasteiger partial charge in [-0.25, -0.2) is 8.78 Å². The van der Waals surface area contributed by atoms with Gasteiger partial charge in [0.15, 0.2) is 5.78 Å². The van der Waals surface area contributed by atoms with Gasteiger partial charge in [-0.3, -0.25) is 4.79 Å². The van der Waals surface area contributed by atoms with Gasteiger partial charge in [0.2, 0.25) is 0 Å². The first-order valence-electron chi connectivity index (χ1n) is 5.64. The van der Waals surface area contributed by atoms with Crippen LogP contribution in [0.3, 0.4) is 0 Å². The van der Waals surface area contributed by atoms with Crippen molar-refractivity contribution in [2.45, 2.75) is 20.4 Å². The predicted molar refractivity (Wildman–Crippen MR) is 70.5 cm³/mol. The number of aromatic nitrogens is 1. The first kappa shape index (κ1) is 13.6. The van der Waals surface area contributed by atoms with Crippen molar-refractivity contribution in [3.05, 3.63) is 46.7 Å². The molecule has 0 saturated carbocycles. The summed E-state index contributed by atoms with van der Waals surface area (Å²) in [5.74, 6) is -1.31. The molecule has 1 aromatic carbocycles. The molecule has 3 nitrogen and oxygen atoms in total. The molecule has 0 amide bonds. The molecule has 19 heavy (non-hydrogen) atoms. The zero-order chi connectivity index (χ0) is 14.0. The number of hydrogen-bond donors (Lipinski definition) is 1. The molecule has 0 saturated heterocycles. The van der Waals surface area contributed by atoms with Crippen LogP contribution in [0.25, 0.3) is 0 Å². The second-order valence-electron chi connectivity index (χ2n) is 4.12. The topological polar surface area (TPSA) is 42.0 Å². The Hall–Kier alpha value is -1.82. The highest BCUT2D eigenvalue weighted by Crippen LogP contribution is 2.25. The highest BCUT2D eigenvalue weighted by molar-refractivity contribution is 7.10. The van der Waals surface area contributed by atoms with Crippen molar-refractivity contribution >= 4 is 22.3 Å². The van der Waals surface area contributed by atoms with Gasteiger partial charge in [-0.2, -0.15) is 4.37 Å². The molecule has 1 N–H and O–H groups in total. The Kier molecular flexibility index (Phi) is 3.90. The van der Waals surface area contributed by atoms with E-state index in [-0.39, 0.29) is 12.3 Å². The molecule has 2 rings (SSSR count). The second kappa shape index (κ2) is 5.44. The second-order valence-corrected chi connectivity index (χ2v) is 4.89. The summed E-state index contributed by atoms with van der Waals surface area (Å²) in [5.41, 5.74) is 1.51. The molecule has 0 unspecified atom stereocenters. The lowest BCUT2D eigenvalue weighted by Gasteiger charge is -2.06. The van der Waals surface area contributed by atoms with Gasteiger partial charge in [0.25, 0.3) is 0 Å². The Morgan fingerprint density at radius 3 is 2.79 bits per heavy atom. The number of Topliss-reactive ketones (excluding diaryl/α,β-unsaturated/α-hetero) is 1. The normalized spacial score (nSPS) is 10.5. The van der Waals surface area contributed by atoms with Gasteiger partial charge >= 0.3 is 0 Å². The number of halogens is 2. The first-order chi connectivity index (χ1) is 8.99. The summed E-state index contributed by atoms with van der Waals surface area (Å²) in [7, 11) is 0. The number of rotatable bonds is 4. The molecule has 1 heterocycles. The van der Waals surface area contributed by atoms with Crippen LogP contribution >= 0.6 is 11.5 Å². The van der Waals surface area contributed by atoms with E-state index < -0.39 is 11.6 Å². The van der Waals surface area contributed by atoms with E-state index in [1.54, 1.807) is 6.92 Å². The third kappa shape index (κ3) is 2.96. The number of nitrogens with zero attached hydrogens (tertiary/aromatic N) is 1. The lowest BCUT2D eigenvalue weighted by Crippen LogP contribution is -2.04. The SMILES string of the molecule is CC(=O)c1c(C)nsc1NCc1ccc(F)cc1F. The van der Waals surface area contributed by atoms with Crippen LogP contribution in [-0.4, -0.2) is 10.2 Å². The maximum absolute atomic E-state index is 13.5. The van der Waals surface area contributed by atoms with Crippen LogP contribution in [0.1, 0.15) is 28.5 Å². The third-order valence-corrected chi connectivity index (χ3v) is 3.57. The van der Waals surface area contributed by atoms with E-state index in [4.69, 9.17) is 0 Å². The Balaban J connectivity index is 2.17. The maximum Gasteiger partial charge on any atom is 0.164 e. The molecular formula is C13H12F2N2OS. The minimum atomic E-state index is -0.613. The molecule has 0 atom stereocenters. The van der Waals surface area contributed by atoms with Crippen molar-refractivity contribution in [2.24, 2.45) is 0 Å². The van der Waals surface area contributed by atoms with Crippen molar-refractivity contribution < 1.29 is 13.6 Å². The molecule has 0 bridgehead atoms. The highest BCUT2D eigenvalue weighted by Gasteiger charge is 2.15. The largest absolute Gasteiger partial charge is 0.371 e. The molecule has 0 spiro atoms. The summed E-state index contributed by atoms with van der Waals surface area (Å²) >= 11 is 1.15. The summed E-state index contributed by atoms with van der Waals surface area (Å²) in [5, 5.41) is 3.57. The van der Waals surface area contributed by atoms with Gasteiger partial charge < -0.3 is 5.32 Å². The predicted octanol–water partition coefficient (Wildman–Crippen LogP) is 3.54. The molecule has 0 aliphatic rings. The van der Waals surface area contributed by atoms with Gasteiger partial charge in [0.1, 0.15) is 16.6 Å². The monoisotopic (exact) mass is 282 g/mol. The molecule has 100 valence electrons. The van der Waals surface area contributed by atoms with Crippen LogP contribution in [-0.2, 0) is 6.54 Å². The van der Waals surface area contributed by atoms with Crippen molar-refractivity contribution in [1.29, 1.82) is 0 Å². The van der Waals surface area contributed by atoms with Crippen LogP contribution in [0.15, 0.2) is 18.2 Å². The number of hydrogen-bond acceptors (Lipinski definition) is 4. The number of aryl methyl sites for hydroxylation is 1. The van der Waals surface area contributed by atoms with E-state index in [0.29, 0.717) is 21.8 Å². The van der Waals surface area contributed by atoms with E-state index >= 15 is 0 Å². The lowest BCUT2D eigenvalue weighted by atomic mass is 10.1. The quantitative estimate of drug-likeness (QED) is 0.872. The molecule has 1 aromatic heterocycles. The number of benzene rings is 1. The molecule has 0 aliphatic heterocycles. The smallest absolute Gasteiger partial charge is 0.164 e. The fourth-order valence-corrected chi connectivity index (χ4v) is 2.58. The van der Waals surface area contributed by atoms with Gasteiger partial charge in [0.05, 0.1) is 11.3 Å². The summed E-state index contributed by atoms with van der Waals surface area (Å²) in [4.78, 5) is 11.5. The molecule has 6 heteroatoms. The Labute approximate surface area is 113 Å². The average molecular weight is 282 g/mol. The average Bonchev–Trinajstić information content (AvgIpc) is 2.69. The summed E-state index contributed by atoms with van der Waals surface area (Å²) in [6.45, 7) is 3.38. The zero-order valence-corrected chi connectivity index (χ0v) is 11.3. The molecule has 2 aromatic rings. The van der Waals surface area contributed by atoms with Crippen LogP contribution in [0.2, 0.25) is 0 Å². The fraction of sp³-hybridized carbons (Fsp3) is 0.231.